The molecule has 3 heteroatoms. The summed E-state index contributed by atoms with van der Waals surface area (Å²) in [6, 6.07) is 18.6. The molecular formula is C19H16BrNO. The van der Waals surface area contributed by atoms with E-state index in [9.17, 15) is 0 Å². The van der Waals surface area contributed by atoms with E-state index in [1.807, 2.05) is 18.2 Å². The average Bonchev–Trinajstić information content (AvgIpc) is 2.56. The van der Waals surface area contributed by atoms with Crippen LogP contribution in [0, 0.1) is 11.8 Å². The molecule has 1 heterocycles. The van der Waals surface area contributed by atoms with Crippen molar-refractivity contribution in [3.63, 3.8) is 0 Å². The highest BCUT2D eigenvalue weighted by Gasteiger charge is 2.27. The normalized spacial score (nSPS) is 16.4. The number of nitrogens with zero attached hydrogens (tertiary/aromatic N) is 1. The van der Waals surface area contributed by atoms with Gasteiger partial charge in [-0.2, -0.15) is 0 Å². The van der Waals surface area contributed by atoms with Crippen molar-refractivity contribution in [2.75, 3.05) is 18.6 Å². The molecule has 22 heavy (non-hydrogen) atoms. The molecule has 0 saturated carbocycles. The van der Waals surface area contributed by atoms with Crippen molar-refractivity contribution in [2.45, 2.75) is 6.04 Å². The van der Waals surface area contributed by atoms with Crippen molar-refractivity contribution in [1.82, 2.24) is 0 Å². The van der Waals surface area contributed by atoms with E-state index in [4.69, 9.17) is 4.74 Å². The first-order chi connectivity index (χ1) is 10.8. The second-order valence-electron chi connectivity index (χ2n) is 4.95. The lowest BCUT2D eigenvalue weighted by molar-refractivity contribution is 0.239. The molecule has 0 fully saturated rings. The second kappa shape index (κ2) is 6.83. The minimum absolute atomic E-state index is 0.0487. The summed E-state index contributed by atoms with van der Waals surface area (Å²) in [6.45, 7) is 0.432. The molecule has 2 nitrogen and oxygen atoms in total. The Morgan fingerprint density at radius 2 is 1.82 bits per heavy atom. The largest absolute Gasteiger partial charge is 0.372 e. The smallest absolute Gasteiger partial charge is 0.127 e. The van der Waals surface area contributed by atoms with E-state index in [1.165, 1.54) is 5.56 Å². The fourth-order valence-corrected chi connectivity index (χ4v) is 3.11. The molecule has 1 aliphatic heterocycles. The highest BCUT2D eigenvalue weighted by molar-refractivity contribution is 9.11. The van der Waals surface area contributed by atoms with Gasteiger partial charge in [-0.25, -0.2) is 0 Å². The van der Waals surface area contributed by atoms with Crippen LogP contribution in [-0.2, 0) is 4.74 Å². The lowest BCUT2D eigenvalue weighted by atomic mass is 10.0. The van der Waals surface area contributed by atoms with Gasteiger partial charge in [-0.3, -0.25) is 0 Å². The lowest BCUT2D eigenvalue weighted by Gasteiger charge is -2.35. The number of methoxy groups -OCH3 is 1. The predicted octanol–water partition coefficient (Wildman–Crippen LogP) is 4.59. The summed E-state index contributed by atoms with van der Waals surface area (Å²) in [5.41, 5.74) is 3.47. The van der Waals surface area contributed by atoms with Crippen LogP contribution in [0.4, 0.5) is 11.4 Å². The summed E-state index contributed by atoms with van der Waals surface area (Å²) < 4.78 is 6.11. The van der Waals surface area contributed by atoms with Crippen LogP contribution in [0.1, 0.15) is 5.56 Å². The van der Waals surface area contributed by atoms with E-state index in [-0.39, 0.29) is 6.04 Å². The van der Waals surface area contributed by atoms with E-state index < -0.39 is 0 Å². The van der Waals surface area contributed by atoms with Gasteiger partial charge in [0.25, 0.3) is 0 Å². The Morgan fingerprint density at radius 3 is 2.59 bits per heavy atom. The number of para-hydroxylation sites is 2. The molecule has 0 spiro atoms. The van der Waals surface area contributed by atoms with Crippen LogP contribution in [0.15, 0.2) is 59.1 Å². The molecule has 0 saturated heterocycles. The van der Waals surface area contributed by atoms with Gasteiger partial charge in [0.15, 0.2) is 0 Å². The molecule has 1 aliphatic rings. The van der Waals surface area contributed by atoms with Crippen molar-refractivity contribution < 1.29 is 4.74 Å². The van der Waals surface area contributed by atoms with Crippen LogP contribution in [0.3, 0.4) is 0 Å². The molecule has 2 aromatic carbocycles. The summed E-state index contributed by atoms with van der Waals surface area (Å²) >= 11 is 3.69. The highest BCUT2D eigenvalue weighted by atomic mass is 79.9. The Hall–Kier alpha value is -2.02. The summed E-state index contributed by atoms with van der Waals surface area (Å²) in [7, 11) is 1.66. The van der Waals surface area contributed by atoms with Gasteiger partial charge in [0, 0.05) is 23.0 Å². The number of hydrogen-bond donors (Lipinski definition) is 0. The summed E-state index contributed by atoms with van der Waals surface area (Å²) in [5.74, 6) is 6.38. The first kappa shape index (κ1) is 14.9. The molecule has 110 valence electrons. The van der Waals surface area contributed by atoms with E-state index in [0.29, 0.717) is 6.61 Å². The Balaban J connectivity index is 2.11. The summed E-state index contributed by atoms with van der Waals surface area (Å²) in [5, 5.41) is 0. The molecular weight excluding hydrogens is 338 g/mol. The molecule has 1 unspecified atom stereocenters. The maximum atomic E-state index is 5.05. The minimum Gasteiger partial charge on any atom is -0.372 e. The number of anilines is 2. The van der Waals surface area contributed by atoms with Crippen molar-refractivity contribution in [3.8, 4) is 11.8 Å². The third-order valence-corrected chi connectivity index (χ3v) is 4.16. The van der Waals surface area contributed by atoms with Gasteiger partial charge in [-0.1, -0.05) is 64.2 Å². The Labute approximate surface area is 139 Å². The minimum atomic E-state index is -0.0487. The Bertz CT molecular complexity index is 743. The van der Waals surface area contributed by atoms with Gasteiger partial charge < -0.3 is 9.64 Å². The fourth-order valence-electron chi connectivity index (χ4n) is 2.54. The Morgan fingerprint density at radius 1 is 1.09 bits per heavy atom. The topological polar surface area (TPSA) is 12.5 Å². The molecule has 0 bridgehead atoms. The Kier molecular flexibility index (Phi) is 4.62. The average molecular weight is 354 g/mol. The molecule has 0 amide bonds. The third kappa shape index (κ3) is 2.94. The zero-order valence-corrected chi connectivity index (χ0v) is 13.9. The standard InChI is InChI=1S/C19H16BrNO/c1-22-13-7-12-19-17(20)14-15-8-5-6-11-18(15)21(19)16-9-3-2-4-10-16/h2-6,8-11,14,19H,13H2,1H3. The van der Waals surface area contributed by atoms with E-state index >= 15 is 0 Å². The third-order valence-electron chi connectivity index (χ3n) is 3.50. The SMILES string of the molecule is COCC#CC1C(Br)=Cc2ccccc2N1c1ccccc1. The van der Waals surface area contributed by atoms with Crippen LogP contribution in [0.2, 0.25) is 0 Å². The van der Waals surface area contributed by atoms with Crippen LogP contribution in [0.25, 0.3) is 6.08 Å². The van der Waals surface area contributed by atoms with Gasteiger partial charge in [0.1, 0.15) is 12.6 Å². The van der Waals surface area contributed by atoms with E-state index in [0.717, 1.165) is 15.9 Å². The lowest BCUT2D eigenvalue weighted by Crippen LogP contribution is -2.33. The molecule has 1 atom stereocenters. The first-order valence-electron chi connectivity index (χ1n) is 7.09. The van der Waals surface area contributed by atoms with Crippen LogP contribution in [-0.4, -0.2) is 19.8 Å². The van der Waals surface area contributed by atoms with Gasteiger partial charge in [0.2, 0.25) is 0 Å². The van der Waals surface area contributed by atoms with Crippen molar-refractivity contribution in [2.24, 2.45) is 0 Å². The van der Waals surface area contributed by atoms with Crippen LogP contribution >= 0.6 is 15.9 Å². The number of hydrogen-bond acceptors (Lipinski definition) is 2. The summed E-state index contributed by atoms with van der Waals surface area (Å²) in [4.78, 5) is 2.25. The number of fused-ring (bicyclic) bond motifs is 1. The number of ether oxygens (including phenoxy) is 1. The highest BCUT2D eigenvalue weighted by Crippen LogP contribution is 2.39. The fraction of sp³-hybridized carbons (Fsp3) is 0.158. The molecule has 0 N–H and O–H groups in total. The predicted molar refractivity (Wildman–Crippen MR) is 95.4 cm³/mol. The molecule has 0 aromatic heterocycles. The number of halogens is 1. The maximum Gasteiger partial charge on any atom is 0.127 e. The molecule has 0 aliphatic carbocycles. The molecule has 2 aromatic rings. The van der Waals surface area contributed by atoms with E-state index in [1.54, 1.807) is 7.11 Å². The zero-order chi connectivity index (χ0) is 15.4. The van der Waals surface area contributed by atoms with Crippen molar-refractivity contribution in [3.05, 3.63) is 64.6 Å². The molecule has 3 rings (SSSR count). The van der Waals surface area contributed by atoms with Gasteiger partial charge >= 0.3 is 0 Å². The van der Waals surface area contributed by atoms with Gasteiger partial charge in [0.05, 0.1) is 0 Å². The quantitative estimate of drug-likeness (QED) is 0.732. The van der Waals surface area contributed by atoms with Gasteiger partial charge in [-0.15, -0.1) is 0 Å². The van der Waals surface area contributed by atoms with Crippen molar-refractivity contribution in [1.29, 1.82) is 0 Å². The van der Waals surface area contributed by atoms with E-state index in [2.05, 4.69) is 75.1 Å². The maximum absolute atomic E-state index is 5.05. The second-order valence-corrected chi connectivity index (χ2v) is 5.87. The van der Waals surface area contributed by atoms with Crippen molar-refractivity contribution >= 4 is 33.4 Å². The zero-order valence-electron chi connectivity index (χ0n) is 12.3. The number of benzene rings is 2. The van der Waals surface area contributed by atoms with Crippen LogP contribution in [0.5, 0.6) is 0 Å². The first-order valence-corrected chi connectivity index (χ1v) is 7.88. The monoisotopic (exact) mass is 353 g/mol. The van der Waals surface area contributed by atoms with Gasteiger partial charge in [-0.05, 0) is 29.8 Å². The van der Waals surface area contributed by atoms with Crippen LogP contribution < -0.4 is 4.90 Å². The summed E-state index contributed by atoms with van der Waals surface area (Å²) in [6.07, 6.45) is 2.14. The number of rotatable bonds is 2. The molecule has 0 radical (unpaired) electrons.